The van der Waals surface area contributed by atoms with E-state index >= 15 is 0 Å². The van der Waals surface area contributed by atoms with Crippen molar-refractivity contribution in [2.75, 3.05) is 19.6 Å². The molecule has 1 aromatic heterocycles. The lowest BCUT2D eigenvalue weighted by atomic mass is 9.95. The maximum atomic E-state index is 5.77. The molecule has 108 valence electrons. The van der Waals surface area contributed by atoms with Crippen molar-refractivity contribution in [3.63, 3.8) is 0 Å². The average Bonchev–Trinajstić information content (AvgIpc) is 2.92. The molecule has 0 spiro atoms. The zero-order chi connectivity index (χ0) is 13.5. The Balaban J connectivity index is 1.61. The Morgan fingerprint density at radius 1 is 1.47 bits per heavy atom. The third-order valence-corrected chi connectivity index (χ3v) is 5.26. The Labute approximate surface area is 126 Å². The van der Waals surface area contributed by atoms with Gasteiger partial charge in [-0.05, 0) is 51.1 Å². The third-order valence-electron chi connectivity index (χ3n) is 4.03. The molecule has 2 nitrogen and oxygen atoms in total. The number of aryl methyl sites for hydroxylation is 1. The number of nitrogens with zero attached hydrogens (tertiary/aromatic N) is 2. The molecule has 0 aromatic carbocycles. The number of hydrogen-bond donors (Lipinski definition) is 0. The molecule has 1 aliphatic heterocycles. The number of aromatic nitrogens is 1. The van der Waals surface area contributed by atoms with Crippen molar-refractivity contribution in [2.45, 2.75) is 51.3 Å². The third kappa shape index (κ3) is 5.05. The molecule has 1 saturated heterocycles. The van der Waals surface area contributed by atoms with Gasteiger partial charge in [0, 0.05) is 11.9 Å². The molecule has 0 amide bonds. The number of hydrogen-bond acceptors (Lipinski definition) is 3. The molecule has 1 aromatic rings. The van der Waals surface area contributed by atoms with Crippen LogP contribution in [0.4, 0.5) is 0 Å². The fourth-order valence-corrected chi connectivity index (χ4v) is 3.89. The Kier molecular flexibility index (Phi) is 6.62. The lowest BCUT2D eigenvalue weighted by Crippen LogP contribution is -2.35. The van der Waals surface area contributed by atoms with E-state index in [4.69, 9.17) is 11.6 Å². The molecule has 4 heteroatoms. The van der Waals surface area contributed by atoms with Gasteiger partial charge in [0.05, 0.1) is 16.6 Å². The molecule has 2 rings (SSSR count). The Bertz CT molecular complexity index is 367. The highest BCUT2D eigenvalue weighted by atomic mass is 35.5. The van der Waals surface area contributed by atoms with Crippen LogP contribution in [0.3, 0.4) is 0 Å². The van der Waals surface area contributed by atoms with E-state index in [0.717, 1.165) is 18.0 Å². The summed E-state index contributed by atoms with van der Waals surface area (Å²) in [6.45, 7) is 6.23. The van der Waals surface area contributed by atoms with Crippen LogP contribution in [0.2, 0.25) is 0 Å². The van der Waals surface area contributed by atoms with Gasteiger partial charge in [-0.15, -0.1) is 22.9 Å². The van der Waals surface area contributed by atoms with Crippen molar-refractivity contribution < 1.29 is 0 Å². The lowest BCUT2D eigenvalue weighted by molar-refractivity contribution is 0.169. The number of thiazole rings is 1. The summed E-state index contributed by atoms with van der Waals surface area (Å²) < 4.78 is 0. The SMILES string of the molecule is CCC1CCCN(CCCCc2nc(CCl)cs2)C1. The zero-order valence-electron chi connectivity index (χ0n) is 11.9. The van der Waals surface area contributed by atoms with E-state index in [2.05, 4.69) is 22.2 Å². The molecule has 2 heterocycles. The van der Waals surface area contributed by atoms with Gasteiger partial charge in [0.1, 0.15) is 0 Å². The van der Waals surface area contributed by atoms with Gasteiger partial charge < -0.3 is 4.90 Å². The minimum Gasteiger partial charge on any atom is -0.303 e. The predicted molar refractivity (Wildman–Crippen MR) is 84.1 cm³/mol. The van der Waals surface area contributed by atoms with E-state index in [1.807, 2.05) is 0 Å². The van der Waals surface area contributed by atoms with Crippen molar-refractivity contribution in [3.05, 3.63) is 16.1 Å². The number of halogens is 1. The summed E-state index contributed by atoms with van der Waals surface area (Å²) in [4.78, 5) is 7.17. The van der Waals surface area contributed by atoms with Crippen molar-refractivity contribution in [2.24, 2.45) is 5.92 Å². The number of unbranched alkanes of at least 4 members (excludes halogenated alkanes) is 1. The molecule has 0 aliphatic carbocycles. The Morgan fingerprint density at radius 3 is 3.11 bits per heavy atom. The minimum absolute atomic E-state index is 0.544. The number of rotatable bonds is 7. The molecular formula is C15H25ClN2S. The summed E-state index contributed by atoms with van der Waals surface area (Å²) in [7, 11) is 0. The Morgan fingerprint density at radius 2 is 2.37 bits per heavy atom. The fourth-order valence-electron chi connectivity index (χ4n) is 2.82. The molecule has 0 saturated carbocycles. The summed E-state index contributed by atoms with van der Waals surface area (Å²) in [5.74, 6) is 1.49. The van der Waals surface area contributed by atoms with Crippen LogP contribution in [0.1, 0.15) is 49.7 Å². The highest BCUT2D eigenvalue weighted by Crippen LogP contribution is 2.20. The molecule has 0 bridgehead atoms. The normalized spacial score (nSPS) is 20.8. The summed E-state index contributed by atoms with van der Waals surface area (Å²) >= 11 is 7.52. The van der Waals surface area contributed by atoms with E-state index in [1.165, 1.54) is 56.7 Å². The van der Waals surface area contributed by atoms with E-state index in [1.54, 1.807) is 11.3 Å². The monoisotopic (exact) mass is 300 g/mol. The van der Waals surface area contributed by atoms with Crippen LogP contribution in [-0.4, -0.2) is 29.5 Å². The Hall–Kier alpha value is -0.120. The van der Waals surface area contributed by atoms with Crippen molar-refractivity contribution in [1.29, 1.82) is 0 Å². The average molecular weight is 301 g/mol. The van der Waals surface area contributed by atoms with Gasteiger partial charge >= 0.3 is 0 Å². The summed E-state index contributed by atoms with van der Waals surface area (Å²) in [6, 6.07) is 0. The smallest absolute Gasteiger partial charge is 0.0928 e. The molecule has 1 unspecified atom stereocenters. The van der Waals surface area contributed by atoms with E-state index in [0.29, 0.717) is 5.88 Å². The first-order chi connectivity index (χ1) is 9.31. The predicted octanol–water partition coefficient (Wildman–Crippen LogP) is 4.33. The van der Waals surface area contributed by atoms with Crippen LogP contribution in [0, 0.1) is 5.92 Å². The van der Waals surface area contributed by atoms with Crippen LogP contribution < -0.4 is 0 Å². The van der Waals surface area contributed by atoms with Crippen LogP contribution in [0.25, 0.3) is 0 Å². The number of likely N-dealkylation sites (tertiary alicyclic amines) is 1. The maximum absolute atomic E-state index is 5.77. The van der Waals surface area contributed by atoms with E-state index in [9.17, 15) is 0 Å². The summed E-state index contributed by atoms with van der Waals surface area (Å²) in [5.41, 5.74) is 1.03. The van der Waals surface area contributed by atoms with Gasteiger partial charge in [-0.2, -0.15) is 0 Å². The van der Waals surface area contributed by atoms with Crippen LogP contribution in [0.5, 0.6) is 0 Å². The largest absolute Gasteiger partial charge is 0.303 e. The summed E-state index contributed by atoms with van der Waals surface area (Å²) in [5, 5.41) is 3.33. The van der Waals surface area contributed by atoms with Crippen LogP contribution in [0.15, 0.2) is 5.38 Å². The van der Waals surface area contributed by atoms with E-state index in [-0.39, 0.29) is 0 Å². The highest BCUT2D eigenvalue weighted by molar-refractivity contribution is 7.09. The van der Waals surface area contributed by atoms with Gasteiger partial charge in [0.15, 0.2) is 0 Å². The summed E-state index contributed by atoms with van der Waals surface area (Å²) in [6.07, 6.45) is 7.84. The molecular weight excluding hydrogens is 276 g/mol. The van der Waals surface area contributed by atoms with Crippen molar-refractivity contribution >= 4 is 22.9 Å². The molecule has 1 fully saturated rings. The van der Waals surface area contributed by atoms with Crippen LogP contribution in [-0.2, 0) is 12.3 Å². The number of piperidine rings is 1. The second-order valence-corrected chi connectivity index (χ2v) is 6.75. The van der Waals surface area contributed by atoms with Crippen LogP contribution >= 0.6 is 22.9 Å². The standard InChI is InChI=1S/C15H25ClN2S/c1-2-13-6-5-9-18(11-13)8-4-3-7-15-17-14(10-16)12-19-15/h12-13H,2-11H2,1H3. The van der Waals surface area contributed by atoms with Gasteiger partial charge in [-0.1, -0.05) is 13.3 Å². The second kappa shape index (κ2) is 8.23. The molecule has 19 heavy (non-hydrogen) atoms. The van der Waals surface area contributed by atoms with E-state index < -0.39 is 0 Å². The highest BCUT2D eigenvalue weighted by Gasteiger charge is 2.17. The lowest BCUT2D eigenvalue weighted by Gasteiger charge is -2.32. The quantitative estimate of drug-likeness (QED) is 0.550. The van der Waals surface area contributed by atoms with Gasteiger partial charge in [0.25, 0.3) is 0 Å². The zero-order valence-corrected chi connectivity index (χ0v) is 13.5. The topological polar surface area (TPSA) is 16.1 Å². The molecule has 1 aliphatic rings. The van der Waals surface area contributed by atoms with Gasteiger partial charge in [-0.3, -0.25) is 0 Å². The number of alkyl halides is 1. The minimum atomic E-state index is 0.544. The molecule has 0 N–H and O–H groups in total. The molecule has 1 atom stereocenters. The first kappa shape index (κ1) is 15.3. The second-order valence-electron chi connectivity index (χ2n) is 5.54. The molecule has 0 radical (unpaired) electrons. The van der Waals surface area contributed by atoms with Gasteiger partial charge in [0.2, 0.25) is 0 Å². The fraction of sp³-hybridized carbons (Fsp3) is 0.800. The van der Waals surface area contributed by atoms with Gasteiger partial charge in [-0.25, -0.2) is 4.98 Å². The maximum Gasteiger partial charge on any atom is 0.0928 e. The van der Waals surface area contributed by atoms with Crippen molar-refractivity contribution in [3.8, 4) is 0 Å². The first-order valence-corrected chi connectivity index (χ1v) is 8.94. The first-order valence-electron chi connectivity index (χ1n) is 7.53. The van der Waals surface area contributed by atoms with Crippen molar-refractivity contribution in [1.82, 2.24) is 9.88 Å².